The largest absolute Gasteiger partial charge is 0.416 e. The molecule has 2 aromatic carbocycles. The number of ether oxygens (including phenoxy) is 1. The van der Waals surface area contributed by atoms with E-state index in [-0.39, 0.29) is 23.9 Å². The van der Waals surface area contributed by atoms with Crippen LogP contribution in [0.4, 0.5) is 18.9 Å². The summed E-state index contributed by atoms with van der Waals surface area (Å²) in [6, 6.07) is 10.8. The number of benzene rings is 2. The standard InChI is InChI=1S/C22H22F3N3O3S/c1-13(12-31-3)28-20(30)17-6-4-5-7-18(17)27-21(28)32-14(2)19(29)26-16-10-8-15(9-11-16)22(23,24)25/h4-11,13-14H,12H2,1-3H3,(H,26,29). The lowest BCUT2D eigenvalue weighted by Crippen LogP contribution is -2.30. The first kappa shape index (κ1) is 23.8. The molecule has 2 unspecified atom stereocenters. The number of aromatic nitrogens is 2. The molecular formula is C22H22F3N3O3S. The number of nitrogens with zero attached hydrogens (tertiary/aromatic N) is 2. The van der Waals surface area contributed by atoms with Gasteiger partial charge in [-0.15, -0.1) is 0 Å². The lowest BCUT2D eigenvalue weighted by molar-refractivity contribution is -0.137. The van der Waals surface area contributed by atoms with Crippen molar-refractivity contribution in [3.63, 3.8) is 0 Å². The molecule has 2 atom stereocenters. The van der Waals surface area contributed by atoms with Crippen molar-refractivity contribution >= 4 is 34.3 Å². The van der Waals surface area contributed by atoms with Gasteiger partial charge in [-0.05, 0) is 50.2 Å². The van der Waals surface area contributed by atoms with Crippen LogP contribution in [0.15, 0.2) is 58.5 Å². The summed E-state index contributed by atoms with van der Waals surface area (Å²) in [6.07, 6.45) is -4.45. The molecule has 1 heterocycles. The number of hydrogen-bond acceptors (Lipinski definition) is 5. The highest BCUT2D eigenvalue weighted by atomic mass is 32.2. The van der Waals surface area contributed by atoms with Gasteiger partial charge in [-0.25, -0.2) is 4.98 Å². The number of alkyl halides is 3. The molecule has 1 amide bonds. The van der Waals surface area contributed by atoms with Crippen molar-refractivity contribution in [2.45, 2.75) is 36.5 Å². The summed E-state index contributed by atoms with van der Waals surface area (Å²) >= 11 is 1.09. The van der Waals surface area contributed by atoms with Gasteiger partial charge in [0.15, 0.2) is 5.16 Å². The number of halogens is 3. The number of carbonyl (C=O) groups excluding carboxylic acids is 1. The van der Waals surface area contributed by atoms with Crippen molar-refractivity contribution < 1.29 is 22.7 Å². The van der Waals surface area contributed by atoms with Crippen LogP contribution in [0.25, 0.3) is 10.9 Å². The molecule has 170 valence electrons. The van der Waals surface area contributed by atoms with E-state index in [4.69, 9.17) is 4.74 Å². The molecule has 0 bridgehead atoms. The monoisotopic (exact) mass is 465 g/mol. The topological polar surface area (TPSA) is 73.2 Å². The van der Waals surface area contributed by atoms with Crippen molar-refractivity contribution in [1.29, 1.82) is 0 Å². The Balaban J connectivity index is 1.85. The van der Waals surface area contributed by atoms with Crippen LogP contribution >= 0.6 is 11.8 Å². The van der Waals surface area contributed by atoms with Gasteiger partial charge in [0.05, 0.1) is 34.4 Å². The number of hydrogen-bond donors (Lipinski definition) is 1. The Hall–Kier alpha value is -2.85. The van der Waals surface area contributed by atoms with E-state index in [0.717, 1.165) is 23.9 Å². The second-order valence-electron chi connectivity index (χ2n) is 7.22. The smallest absolute Gasteiger partial charge is 0.383 e. The molecule has 1 N–H and O–H groups in total. The number of para-hydroxylation sites is 1. The molecule has 3 aromatic rings. The van der Waals surface area contributed by atoms with Crippen molar-refractivity contribution in [2.75, 3.05) is 19.0 Å². The maximum Gasteiger partial charge on any atom is 0.416 e. The highest BCUT2D eigenvalue weighted by Gasteiger charge is 2.30. The van der Waals surface area contributed by atoms with E-state index in [1.807, 2.05) is 6.92 Å². The van der Waals surface area contributed by atoms with E-state index in [9.17, 15) is 22.8 Å². The molecule has 0 spiro atoms. The number of methoxy groups -OCH3 is 1. The fourth-order valence-corrected chi connectivity index (χ4v) is 4.12. The van der Waals surface area contributed by atoms with Crippen LogP contribution < -0.4 is 10.9 Å². The lowest BCUT2D eigenvalue weighted by atomic mass is 10.2. The summed E-state index contributed by atoms with van der Waals surface area (Å²) in [5, 5.41) is 2.74. The molecule has 0 aliphatic carbocycles. The maximum atomic E-state index is 13.1. The van der Waals surface area contributed by atoms with E-state index < -0.39 is 22.9 Å². The number of amides is 1. The second kappa shape index (κ2) is 9.74. The van der Waals surface area contributed by atoms with Gasteiger partial charge in [-0.3, -0.25) is 14.2 Å². The van der Waals surface area contributed by atoms with Crippen LogP contribution in [0, 0.1) is 0 Å². The average molecular weight is 465 g/mol. The summed E-state index contributed by atoms with van der Waals surface area (Å²) in [6.45, 7) is 3.73. The summed E-state index contributed by atoms with van der Waals surface area (Å²) in [5.74, 6) is -0.428. The minimum Gasteiger partial charge on any atom is -0.383 e. The molecule has 3 rings (SSSR count). The highest BCUT2D eigenvalue weighted by molar-refractivity contribution is 8.00. The fraction of sp³-hybridized carbons (Fsp3) is 0.318. The van der Waals surface area contributed by atoms with Crippen LogP contribution in [0.3, 0.4) is 0 Å². The summed E-state index contributed by atoms with van der Waals surface area (Å²) in [7, 11) is 1.53. The first-order valence-corrected chi connectivity index (χ1v) is 10.6. The van der Waals surface area contributed by atoms with E-state index >= 15 is 0 Å². The fourth-order valence-electron chi connectivity index (χ4n) is 3.11. The average Bonchev–Trinajstić information content (AvgIpc) is 2.73. The Kier molecular flexibility index (Phi) is 7.25. The number of fused-ring (bicyclic) bond motifs is 1. The lowest BCUT2D eigenvalue weighted by Gasteiger charge is -2.20. The first-order chi connectivity index (χ1) is 15.1. The van der Waals surface area contributed by atoms with Crippen LogP contribution in [-0.2, 0) is 15.7 Å². The number of rotatable bonds is 7. The van der Waals surface area contributed by atoms with Crippen LogP contribution in [0.1, 0.15) is 25.5 Å². The quantitative estimate of drug-likeness (QED) is 0.403. The molecule has 0 saturated carbocycles. The van der Waals surface area contributed by atoms with E-state index in [0.29, 0.717) is 16.1 Å². The van der Waals surface area contributed by atoms with Crippen molar-refractivity contribution in [1.82, 2.24) is 9.55 Å². The molecular weight excluding hydrogens is 443 g/mol. The summed E-state index contributed by atoms with van der Waals surface area (Å²) in [5.41, 5.74) is -0.282. The maximum absolute atomic E-state index is 13.1. The molecule has 0 aliphatic heterocycles. The van der Waals surface area contributed by atoms with Gasteiger partial charge >= 0.3 is 6.18 Å². The predicted molar refractivity (Wildman–Crippen MR) is 118 cm³/mol. The normalized spacial score (nSPS) is 13.7. The van der Waals surface area contributed by atoms with Gasteiger partial charge in [0.2, 0.25) is 5.91 Å². The number of anilines is 1. The van der Waals surface area contributed by atoms with Gasteiger partial charge in [-0.1, -0.05) is 23.9 Å². The third-order valence-corrected chi connectivity index (χ3v) is 5.82. The first-order valence-electron chi connectivity index (χ1n) is 9.76. The Morgan fingerprint density at radius 1 is 1.16 bits per heavy atom. The molecule has 32 heavy (non-hydrogen) atoms. The molecule has 0 saturated heterocycles. The molecule has 6 nitrogen and oxygen atoms in total. The summed E-state index contributed by atoms with van der Waals surface area (Å²) in [4.78, 5) is 30.3. The second-order valence-corrected chi connectivity index (χ2v) is 8.52. The third kappa shape index (κ3) is 5.31. The summed E-state index contributed by atoms with van der Waals surface area (Å²) < 4.78 is 44.8. The SMILES string of the molecule is COCC(C)n1c(SC(C)C(=O)Nc2ccc(C(F)(F)F)cc2)nc2ccccc2c1=O. The van der Waals surface area contributed by atoms with Gasteiger partial charge in [0.25, 0.3) is 5.56 Å². The minimum atomic E-state index is -4.45. The van der Waals surface area contributed by atoms with Gasteiger partial charge in [-0.2, -0.15) is 13.2 Å². The zero-order chi connectivity index (χ0) is 23.5. The van der Waals surface area contributed by atoms with E-state index in [1.54, 1.807) is 31.2 Å². The minimum absolute atomic E-state index is 0.238. The Labute approximate surface area is 186 Å². The zero-order valence-electron chi connectivity index (χ0n) is 17.6. The van der Waals surface area contributed by atoms with Crippen molar-refractivity contribution in [3.8, 4) is 0 Å². The molecule has 10 heteroatoms. The molecule has 0 aliphatic rings. The van der Waals surface area contributed by atoms with Crippen molar-refractivity contribution in [2.24, 2.45) is 0 Å². The Morgan fingerprint density at radius 3 is 2.44 bits per heavy atom. The van der Waals surface area contributed by atoms with Gasteiger partial charge in [0.1, 0.15) is 0 Å². The Morgan fingerprint density at radius 2 is 1.81 bits per heavy atom. The molecule has 0 fully saturated rings. The van der Waals surface area contributed by atoms with Crippen LogP contribution in [-0.4, -0.2) is 34.4 Å². The zero-order valence-corrected chi connectivity index (χ0v) is 18.5. The third-order valence-electron chi connectivity index (χ3n) is 4.76. The number of nitrogens with one attached hydrogen (secondary N) is 1. The number of carbonyl (C=O) groups is 1. The van der Waals surface area contributed by atoms with Gasteiger partial charge < -0.3 is 10.1 Å². The highest BCUT2D eigenvalue weighted by Crippen LogP contribution is 2.30. The Bertz CT molecular complexity index is 1160. The van der Waals surface area contributed by atoms with E-state index in [1.165, 1.54) is 23.8 Å². The van der Waals surface area contributed by atoms with E-state index in [2.05, 4.69) is 10.3 Å². The molecule has 0 radical (unpaired) electrons. The van der Waals surface area contributed by atoms with Gasteiger partial charge in [0, 0.05) is 12.8 Å². The number of thioether (sulfide) groups is 1. The van der Waals surface area contributed by atoms with Crippen LogP contribution in [0.5, 0.6) is 0 Å². The predicted octanol–water partition coefficient (Wildman–Crippen LogP) is 4.74. The van der Waals surface area contributed by atoms with Crippen LogP contribution in [0.2, 0.25) is 0 Å². The molecule has 1 aromatic heterocycles. The van der Waals surface area contributed by atoms with Crippen molar-refractivity contribution in [3.05, 3.63) is 64.4 Å².